The van der Waals surface area contributed by atoms with Crippen LogP contribution in [0.3, 0.4) is 0 Å². The second-order valence-electron chi connectivity index (χ2n) is 10.1. The van der Waals surface area contributed by atoms with Gasteiger partial charge in [-0.2, -0.15) is 11.1 Å². The second-order valence-corrected chi connectivity index (χ2v) is 10.9. The number of hydrogen-bond acceptors (Lipinski definition) is 0. The van der Waals surface area contributed by atoms with Crippen molar-refractivity contribution in [2.24, 2.45) is 0 Å². The molecular weight excluding hydrogens is 563 g/mol. The van der Waals surface area contributed by atoms with Crippen LogP contribution < -0.4 is 24.8 Å². The predicted molar refractivity (Wildman–Crippen MR) is 164 cm³/mol. The minimum absolute atomic E-state index is 0. The molecule has 0 fully saturated rings. The molecule has 0 atom stereocenters. The maximum absolute atomic E-state index is 2.26. The molecule has 0 saturated heterocycles. The van der Waals surface area contributed by atoms with Gasteiger partial charge in [0, 0.05) is 0 Å². The Balaban J connectivity index is 0.000000206. The van der Waals surface area contributed by atoms with Crippen LogP contribution in [0.5, 0.6) is 0 Å². The Bertz CT molecular complexity index is 1550. The van der Waals surface area contributed by atoms with Gasteiger partial charge in [0.05, 0.1) is 0 Å². The average molecular weight is 599 g/mol. The van der Waals surface area contributed by atoms with E-state index < -0.39 is 0 Å². The van der Waals surface area contributed by atoms with E-state index in [-0.39, 0.29) is 24.8 Å². The molecule has 0 aliphatic heterocycles. The van der Waals surface area contributed by atoms with Crippen molar-refractivity contribution in [3.63, 3.8) is 0 Å². The van der Waals surface area contributed by atoms with Crippen molar-refractivity contribution in [2.75, 3.05) is 0 Å². The van der Waals surface area contributed by atoms with Gasteiger partial charge in [-0.1, -0.05) is 51.0 Å². The maximum atomic E-state index is 2.26. The summed E-state index contributed by atoms with van der Waals surface area (Å²) >= 11 is 2.16. The van der Waals surface area contributed by atoms with Crippen molar-refractivity contribution >= 4 is 25.4 Å². The monoisotopic (exact) mass is 598 g/mol. The molecule has 3 heteroatoms. The van der Waals surface area contributed by atoms with E-state index in [1.165, 1.54) is 69.9 Å². The van der Waals surface area contributed by atoms with E-state index in [0.717, 1.165) is 0 Å². The molecule has 204 valence electrons. The fourth-order valence-corrected chi connectivity index (χ4v) is 5.62. The summed E-state index contributed by atoms with van der Waals surface area (Å²) in [7, 11) is 0. The molecule has 40 heavy (non-hydrogen) atoms. The van der Waals surface area contributed by atoms with Gasteiger partial charge in [0.15, 0.2) is 0 Å². The minimum atomic E-state index is 0. The molecule has 6 aromatic rings. The first kappa shape index (κ1) is 33.5. The summed E-state index contributed by atoms with van der Waals surface area (Å²) in [5, 5.41) is 5.64. The van der Waals surface area contributed by atoms with Gasteiger partial charge in [-0.3, -0.25) is 0 Å². The molecule has 6 aromatic carbocycles. The molecule has 0 spiro atoms. The van der Waals surface area contributed by atoms with Gasteiger partial charge in [-0.25, -0.2) is 0 Å². The first-order chi connectivity index (χ1) is 18.3. The summed E-state index contributed by atoms with van der Waals surface area (Å²) in [6.45, 7) is 13.1. The van der Waals surface area contributed by atoms with Crippen molar-refractivity contribution in [1.82, 2.24) is 0 Å². The van der Waals surface area contributed by atoms with Crippen molar-refractivity contribution in [3.8, 4) is 0 Å². The van der Waals surface area contributed by atoms with Gasteiger partial charge >= 0.3 is 95.6 Å². The van der Waals surface area contributed by atoms with E-state index in [4.69, 9.17) is 0 Å². The Morgan fingerprint density at radius 2 is 0.825 bits per heavy atom. The number of aryl methyl sites for hydroxylation is 6. The van der Waals surface area contributed by atoms with Crippen LogP contribution in [0.4, 0.5) is 0 Å². The molecular formula is C37H36Cl2Ti-2. The third-order valence-corrected chi connectivity index (χ3v) is 8.31. The third-order valence-electron chi connectivity index (χ3n) is 7.41. The Morgan fingerprint density at radius 1 is 0.475 bits per heavy atom. The standard InChI is InChI=1S/C13H10.2C12H13.2ClH.Ti/c1-3-7-12(8-4-1)11-13-9-5-2-6-10-13;2*1-8-5-4-6-11-7-9(2)10(3)12(8)11;;;/h1-10H;2*4-7H,1-3H3;2*1H;/q;2*-1;;;+2/p-2. The van der Waals surface area contributed by atoms with E-state index in [2.05, 4.69) is 159 Å². The van der Waals surface area contributed by atoms with Crippen molar-refractivity contribution in [3.05, 3.63) is 154 Å². The number of hydrogen-bond donors (Lipinski definition) is 0. The van der Waals surface area contributed by atoms with Gasteiger partial charge < -0.3 is 24.8 Å². The molecule has 0 heterocycles. The van der Waals surface area contributed by atoms with Crippen molar-refractivity contribution in [2.45, 2.75) is 41.5 Å². The quantitative estimate of drug-likeness (QED) is 0.210. The fourth-order valence-electron chi connectivity index (χ4n) is 5.10. The SMILES string of the molecule is Cc1[cH-]c2cccc(C)c2c1C.Cc1[cH-]c2cccc(C)c2c1C.[Cl-].[Cl-].[Ti+2]=[C](c1ccccc1)c1ccccc1. The Labute approximate surface area is 263 Å². The predicted octanol–water partition coefficient (Wildman–Crippen LogP) is 3.78. The normalized spacial score (nSPS) is 10.0. The van der Waals surface area contributed by atoms with Gasteiger partial charge in [-0.05, 0) is 13.8 Å². The van der Waals surface area contributed by atoms with Gasteiger partial charge in [-0.15, -0.1) is 69.1 Å². The molecule has 0 radical (unpaired) electrons. The van der Waals surface area contributed by atoms with Gasteiger partial charge in [0.1, 0.15) is 0 Å². The molecule has 0 aliphatic carbocycles. The van der Waals surface area contributed by atoms with E-state index in [1.54, 1.807) is 0 Å². The zero-order valence-electron chi connectivity index (χ0n) is 24.1. The van der Waals surface area contributed by atoms with Gasteiger partial charge in [0.25, 0.3) is 0 Å². The molecule has 0 aliphatic rings. The fraction of sp³-hybridized carbons (Fsp3) is 0.162. The molecule has 6 rings (SSSR count). The Morgan fingerprint density at radius 3 is 1.15 bits per heavy atom. The zero-order chi connectivity index (χ0) is 27.2. The van der Waals surface area contributed by atoms with Crippen LogP contribution in [0.15, 0.2) is 109 Å². The summed E-state index contributed by atoms with van der Waals surface area (Å²) in [4.78, 5) is 0. The van der Waals surface area contributed by atoms with E-state index in [0.29, 0.717) is 0 Å². The number of halogens is 2. The van der Waals surface area contributed by atoms with Crippen LogP contribution in [0, 0.1) is 41.5 Å². The summed E-state index contributed by atoms with van der Waals surface area (Å²) < 4.78 is 1.33. The average Bonchev–Trinajstić information content (AvgIpc) is 3.40. The van der Waals surface area contributed by atoms with Crippen molar-refractivity contribution in [1.29, 1.82) is 0 Å². The van der Waals surface area contributed by atoms with Crippen LogP contribution in [0.1, 0.15) is 44.5 Å². The molecule has 0 unspecified atom stereocenters. The molecule has 0 bridgehead atoms. The zero-order valence-corrected chi connectivity index (χ0v) is 27.2. The van der Waals surface area contributed by atoms with E-state index in [9.17, 15) is 0 Å². The first-order valence-electron chi connectivity index (χ1n) is 13.2. The van der Waals surface area contributed by atoms with Crippen LogP contribution in [0.25, 0.3) is 21.5 Å². The van der Waals surface area contributed by atoms with E-state index in [1.807, 2.05) is 12.1 Å². The molecule has 0 amide bonds. The first-order valence-corrected chi connectivity index (χ1v) is 14.0. The molecule has 0 N–H and O–H groups in total. The van der Waals surface area contributed by atoms with Crippen LogP contribution in [0.2, 0.25) is 0 Å². The summed E-state index contributed by atoms with van der Waals surface area (Å²) in [5.41, 5.74) is 11.0. The van der Waals surface area contributed by atoms with Crippen molar-refractivity contribution < 1.29 is 44.8 Å². The van der Waals surface area contributed by atoms with E-state index >= 15 is 0 Å². The number of fused-ring (bicyclic) bond motifs is 2. The molecule has 0 aromatic heterocycles. The second kappa shape index (κ2) is 15.3. The van der Waals surface area contributed by atoms with Gasteiger partial charge in [0.2, 0.25) is 0 Å². The molecule has 0 saturated carbocycles. The number of benzene rings is 4. The molecule has 0 nitrogen and oxygen atoms in total. The van der Waals surface area contributed by atoms with Crippen LogP contribution in [-0.2, 0) is 20.0 Å². The summed E-state index contributed by atoms with van der Waals surface area (Å²) in [6.07, 6.45) is 0. The summed E-state index contributed by atoms with van der Waals surface area (Å²) in [6, 6.07) is 38.4. The van der Waals surface area contributed by atoms with Crippen LogP contribution >= 0.6 is 0 Å². The Hall–Kier alpha value is -2.74. The summed E-state index contributed by atoms with van der Waals surface area (Å²) in [5.74, 6) is 0. The number of rotatable bonds is 2. The third kappa shape index (κ3) is 7.71. The van der Waals surface area contributed by atoms with Crippen LogP contribution in [-0.4, -0.2) is 3.81 Å². The Kier molecular flexibility index (Phi) is 12.8. The topological polar surface area (TPSA) is 0 Å².